The summed E-state index contributed by atoms with van der Waals surface area (Å²) < 4.78 is 32.3. The van der Waals surface area contributed by atoms with Gasteiger partial charge in [0.1, 0.15) is 0 Å². The number of rotatable bonds is 8. The van der Waals surface area contributed by atoms with Crippen molar-refractivity contribution in [3.05, 3.63) is 35.4 Å². The second-order valence-corrected chi connectivity index (χ2v) is 5.82. The van der Waals surface area contributed by atoms with Gasteiger partial charge in [-0.25, -0.2) is 8.78 Å². The molecule has 5 heteroatoms. The van der Waals surface area contributed by atoms with Crippen LogP contribution in [0.2, 0.25) is 0 Å². The summed E-state index contributed by atoms with van der Waals surface area (Å²) in [5.74, 6) is -0.996. The fourth-order valence-electron chi connectivity index (χ4n) is 2.70. The van der Waals surface area contributed by atoms with Crippen LogP contribution in [0, 0.1) is 17.6 Å². The predicted octanol–water partition coefficient (Wildman–Crippen LogP) is 2.71. The summed E-state index contributed by atoms with van der Waals surface area (Å²) in [6.45, 7) is 4.03. The molecule has 0 radical (unpaired) electrons. The molecule has 0 amide bonds. The van der Waals surface area contributed by atoms with Gasteiger partial charge in [-0.2, -0.15) is 0 Å². The Morgan fingerprint density at radius 2 is 2.10 bits per heavy atom. The van der Waals surface area contributed by atoms with Gasteiger partial charge in [0.2, 0.25) is 0 Å². The minimum absolute atomic E-state index is 0.236. The first kappa shape index (κ1) is 16.3. The van der Waals surface area contributed by atoms with Gasteiger partial charge in [0, 0.05) is 37.8 Å². The summed E-state index contributed by atoms with van der Waals surface area (Å²) in [4.78, 5) is 2.22. The molecule has 1 aromatic carbocycles. The van der Waals surface area contributed by atoms with Crippen molar-refractivity contribution in [3.8, 4) is 0 Å². The highest BCUT2D eigenvalue weighted by Gasteiger charge is 2.32. The molecule has 2 rings (SSSR count). The second-order valence-electron chi connectivity index (χ2n) is 5.82. The number of benzene rings is 1. The zero-order valence-corrected chi connectivity index (χ0v) is 12.7. The third kappa shape index (κ3) is 4.22. The molecular formula is C16H24F2N2O. The van der Waals surface area contributed by atoms with Crippen molar-refractivity contribution in [1.82, 2.24) is 4.90 Å². The van der Waals surface area contributed by atoms with Gasteiger partial charge < -0.3 is 10.5 Å². The predicted molar refractivity (Wildman–Crippen MR) is 78.9 cm³/mol. The third-order valence-electron chi connectivity index (χ3n) is 4.27. The van der Waals surface area contributed by atoms with Gasteiger partial charge in [-0.3, -0.25) is 4.90 Å². The van der Waals surface area contributed by atoms with Crippen LogP contribution in [0.3, 0.4) is 0 Å². The lowest BCUT2D eigenvalue weighted by Gasteiger charge is -2.31. The zero-order chi connectivity index (χ0) is 15.4. The summed E-state index contributed by atoms with van der Waals surface area (Å²) in [6.07, 6.45) is 2.46. The highest BCUT2D eigenvalue weighted by Crippen LogP contribution is 2.35. The Kier molecular flexibility index (Phi) is 5.67. The zero-order valence-electron chi connectivity index (χ0n) is 12.7. The van der Waals surface area contributed by atoms with E-state index in [1.165, 1.54) is 18.9 Å². The van der Waals surface area contributed by atoms with E-state index in [1.54, 1.807) is 13.2 Å². The summed E-state index contributed by atoms with van der Waals surface area (Å²) >= 11 is 0. The van der Waals surface area contributed by atoms with Crippen molar-refractivity contribution in [1.29, 1.82) is 0 Å². The van der Waals surface area contributed by atoms with Crippen LogP contribution in [0.25, 0.3) is 0 Å². The molecule has 1 fully saturated rings. The molecule has 0 aromatic heterocycles. The first-order valence-electron chi connectivity index (χ1n) is 7.47. The molecule has 0 bridgehead atoms. The van der Waals surface area contributed by atoms with E-state index in [-0.39, 0.29) is 5.56 Å². The van der Waals surface area contributed by atoms with Crippen molar-refractivity contribution < 1.29 is 13.5 Å². The number of hydrogen-bond donors (Lipinski definition) is 1. The fraction of sp³-hybridized carbons (Fsp3) is 0.625. The largest absolute Gasteiger partial charge is 0.383 e. The molecular weight excluding hydrogens is 274 g/mol. The van der Waals surface area contributed by atoms with Crippen LogP contribution in [0.4, 0.5) is 8.78 Å². The van der Waals surface area contributed by atoms with Gasteiger partial charge in [0.05, 0.1) is 6.61 Å². The van der Waals surface area contributed by atoms with Crippen molar-refractivity contribution in [2.24, 2.45) is 11.7 Å². The summed E-state index contributed by atoms with van der Waals surface area (Å²) in [5.41, 5.74) is 6.34. The molecule has 0 heterocycles. The Morgan fingerprint density at radius 3 is 2.71 bits per heavy atom. The number of nitrogens with two attached hydrogens (primary N) is 1. The maximum Gasteiger partial charge on any atom is 0.163 e. The van der Waals surface area contributed by atoms with E-state index in [2.05, 4.69) is 11.8 Å². The molecule has 1 saturated carbocycles. The van der Waals surface area contributed by atoms with Gasteiger partial charge in [0.25, 0.3) is 0 Å². The van der Waals surface area contributed by atoms with E-state index in [0.717, 1.165) is 12.6 Å². The SMILES string of the molecule is COCCN(CC(N)c1cccc(F)c1F)C(C)C1CC1. The van der Waals surface area contributed by atoms with Crippen LogP contribution >= 0.6 is 0 Å². The monoisotopic (exact) mass is 298 g/mol. The molecule has 0 spiro atoms. The van der Waals surface area contributed by atoms with Crippen LogP contribution in [0.15, 0.2) is 18.2 Å². The molecule has 1 aliphatic carbocycles. The fourth-order valence-corrected chi connectivity index (χ4v) is 2.70. The van der Waals surface area contributed by atoms with Gasteiger partial charge in [-0.05, 0) is 31.7 Å². The molecule has 2 N–H and O–H groups in total. The van der Waals surface area contributed by atoms with Crippen LogP contribution < -0.4 is 5.73 Å². The molecule has 2 unspecified atom stereocenters. The quantitative estimate of drug-likeness (QED) is 0.802. The van der Waals surface area contributed by atoms with Crippen molar-refractivity contribution in [2.75, 3.05) is 26.8 Å². The van der Waals surface area contributed by atoms with E-state index in [1.807, 2.05) is 0 Å². The first-order chi connectivity index (χ1) is 10.0. The molecule has 0 saturated heterocycles. The molecule has 3 nitrogen and oxygen atoms in total. The first-order valence-corrected chi connectivity index (χ1v) is 7.47. The highest BCUT2D eigenvalue weighted by atomic mass is 19.2. The summed E-state index contributed by atoms with van der Waals surface area (Å²) in [7, 11) is 1.66. The van der Waals surface area contributed by atoms with Crippen LogP contribution in [-0.4, -0.2) is 37.7 Å². The summed E-state index contributed by atoms with van der Waals surface area (Å²) in [5, 5.41) is 0. The molecule has 1 aliphatic rings. The maximum atomic E-state index is 13.8. The van der Waals surface area contributed by atoms with E-state index in [9.17, 15) is 8.78 Å². The lowest BCUT2D eigenvalue weighted by Crippen LogP contribution is -2.41. The number of halogens is 2. The van der Waals surface area contributed by atoms with Crippen molar-refractivity contribution in [3.63, 3.8) is 0 Å². The molecule has 1 aromatic rings. The Hall–Kier alpha value is -1.04. The molecule has 118 valence electrons. The number of hydrogen-bond acceptors (Lipinski definition) is 3. The molecule has 0 aliphatic heterocycles. The lowest BCUT2D eigenvalue weighted by molar-refractivity contribution is 0.111. The van der Waals surface area contributed by atoms with Crippen LogP contribution in [0.5, 0.6) is 0 Å². The third-order valence-corrected chi connectivity index (χ3v) is 4.27. The Balaban J connectivity index is 2.05. The summed E-state index contributed by atoms with van der Waals surface area (Å²) in [6, 6.07) is 4.01. The lowest BCUT2D eigenvalue weighted by atomic mass is 10.0. The van der Waals surface area contributed by atoms with Crippen molar-refractivity contribution in [2.45, 2.75) is 31.8 Å². The van der Waals surface area contributed by atoms with Gasteiger partial charge in [-0.1, -0.05) is 12.1 Å². The number of nitrogens with zero attached hydrogens (tertiary/aromatic N) is 1. The minimum atomic E-state index is -0.846. The standard InChI is InChI=1S/C16H24F2N2O/c1-11(12-6-7-12)20(8-9-21-2)10-15(19)13-4-3-5-14(17)16(13)18/h3-5,11-12,15H,6-10,19H2,1-2H3. The van der Waals surface area contributed by atoms with E-state index in [0.29, 0.717) is 25.1 Å². The van der Waals surface area contributed by atoms with Gasteiger partial charge >= 0.3 is 0 Å². The highest BCUT2D eigenvalue weighted by molar-refractivity contribution is 5.22. The normalized spacial score (nSPS) is 18.0. The Labute approximate surface area is 125 Å². The second kappa shape index (κ2) is 7.29. The smallest absolute Gasteiger partial charge is 0.163 e. The Bertz CT molecular complexity index is 466. The maximum absolute atomic E-state index is 13.8. The van der Waals surface area contributed by atoms with Gasteiger partial charge in [0.15, 0.2) is 11.6 Å². The van der Waals surface area contributed by atoms with E-state index >= 15 is 0 Å². The average Bonchev–Trinajstić information content (AvgIpc) is 3.30. The number of methoxy groups -OCH3 is 1. The molecule has 21 heavy (non-hydrogen) atoms. The van der Waals surface area contributed by atoms with Gasteiger partial charge in [-0.15, -0.1) is 0 Å². The van der Waals surface area contributed by atoms with E-state index < -0.39 is 17.7 Å². The Morgan fingerprint density at radius 1 is 1.38 bits per heavy atom. The average molecular weight is 298 g/mol. The van der Waals surface area contributed by atoms with Crippen molar-refractivity contribution >= 4 is 0 Å². The van der Waals surface area contributed by atoms with Crippen LogP contribution in [-0.2, 0) is 4.74 Å². The minimum Gasteiger partial charge on any atom is -0.383 e. The van der Waals surface area contributed by atoms with Crippen LogP contribution in [0.1, 0.15) is 31.4 Å². The number of ether oxygens (including phenoxy) is 1. The van der Waals surface area contributed by atoms with E-state index in [4.69, 9.17) is 10.5 Å². The topological polar surface area (TPSA) is 38.5 Å². The molecule has 2 atom stereocenters.